The van der Waals surface area contributed by atoms with Crippen molar-refractivity contribution in [1.82, 2.24) is 9.97 Å². The van der Waals surface area contributed by atoms with E-state index in [0.717, 1.165) is 22.2 Å². The Hall–Kier alpha value is -3.47. The van der Waals surface area contributed by atoms with Crippen molar-refractivity contribution < 1.29 is 14.9 Å². The van der Waals surface area contributed by atoms with Crippen LogP contribution in [0.5, 0.6) is 17.2 Å². The van der Waals surface area contributed by atoms with Crippen LogP contribution in [0.15, 0.2) is 60.7 Å². The fourth-order valence-corrected chi connectivity index (χ4v) is 2.90. The number of aromatic nitrogens is 2. The standard InChI is InChI=1S/C20H16N2O3/c1-25-17-11-13(10-16(23)19(17)24)20-21-15-9-5-8-14(18(15)22-20)12-6-3-2-4-7-12/h2-11,23-24H,1H3,(H,21,22). The summed E-state index contributed by atoms with van der Waals surface area (Å²) >= 11 is 0. The van der Waals surface area contributed by atoms with Crippen molar-refractivity contribution in [2.75, 3.05) is 7.11 Å². The third kappa shape index (κ3) is 2.55. The molecule has 124 valence electrons. The molecular formula is C20H16N2O3. The number of para-hydroxylation sites is 1. The Morgan fingerprint density at radius 3 is 2.48 bits per heavy atom. The van der Waals surface area contributed by atoms with Crippen LogP contribution >= 0.6 is 0 Å². The number of hydrogen-bond acceptors (Lipinski definition) is 4. The van der Waals surface area contributed by atoms with Gasteiger partial charge in [0.25, 0.3) is 0 Å². The number of nitrogens with one attached hydrogen (secondary N) is 1. The van der Waals surface area contributed by atoms with Gasteiger partial charge in [-0.25, -0.2) is 4.98 Å². The Morgan fingerprint density at radius 2 is 1.72 bits per heavy atom. The van der Waals surface area contributed by atoms with Crippen LogP contribution in [0.3, 0.4) is 0 Å². The SMILES string of the molecule is COc1cc(-c2nc3c(-c4ccccc4)cccc3[nH]2)cc(O)c1O. The van der Waals surface area contributed by atoms with Gasteiger partial charge in [0.2, 0.25) is 5.75 Å². The van der Waals surface area contributed by atoms with Gasteiger partial charge in [-0.3, -0.25) is 0 Å². The minimum absolute atomic E-state index is 0.193. The van der Waals surface area contributed by atoms with Gasteiger partial charge in [-0.15, -0.1) is 0 Å². The molecule has 0 amide bonds. The zero-order valence-electron chi connectivity index (χ0n) is 13.5. The molecule has 0 unspecified atom stereocenters. The third-order valence-corrected chi connectivity index (χ3v) is 4.15. The second kappa shape index (κ2) is 5.87. The van der Waals surface area contributed by atoms with E-state index in [1.54, 1.807) is 6.07 Å². The van der Waals surface area contributed by atoms with Crippen molar-refractivity contribution in [1.29, 1.82) is 0 Å². The van der Waals surface area contributed by atoms with Gasteiger partial charge < -0.3 is 19.9 Å². The molecule has 1 heterocycles. The Balaban J connectivity index is 1.90. The van der Waals surface area contributed by atoms with E-state index in [9.17, 15) is 10.2 Å². The fourth-order valence-electron chi connectivity index (χ4n) is 2.90. The number of H-pyrrole nitrogens is 1. The number of aromatic hydroxyl groups is 2. The van der Waals surface area contributed by atoms with E-state index in [1.165, 1.54) is 13.2 Å². The van der Waals surface area contributed by atoms with E-state index < -0.39 is 0 Å². The highest BCUT2D eigenvalue weighted by Gasteiger charge is 2.15. The smallest absolute Gasteiger partial charge is 0.200 e. The molecule has 0 aliphatic heterocycles. The largest absolute Gasteiger partial charge is 0.504 e. The Morgan fingerprint density at radius 1 is 0.920 bits per heavy atom. The molecule has 0 fully saturated rings. The van der Waals surface area contributed by atoms with Crippen molar-refractivity contribution in [3.63, 3.8) is 0 Å². The number of imidazole rings is 1. The summed E-state index contributed by atoms with van der Waals surface area (Å²) in [6.07, 6.45) is 0. The summed E-state index contributed by atoms with van der Waals surface area (Å²) in [5.41, 5.74) is 4.47. The van der Waals surface area contributed by atoms with E-state index >= 15 is 0 Å². The topological polar surface area (TPSA) is 78.4 Å². The van der Waals surface area contributed by atoms with Crippen molar-refractivity contribution in [2.24, 2.45) is 0 Å². The molecule has 25 heavy (non-hydrogen) atoms. The normalized spacial score (nSPS) is 10.9. The Bertz CT molecular complexity index is 1060. The second-order valence-corrected chi connectivity index (χ2v) is 5.70. The number of ether oxygens (including phenoxy) is 1. The number of methoxy groups -OCH3 is 1. The predicted octanol–water partition coefficient (Wildman–Crippen LogP) is 4.32. The molecule has 0 aliphatic rings. The number of rotatable bonds is 3. The third-order valence-electron chi connectivity index (χ3n) is 4.15. The van der Waals surface area contributed by atoms with Gasteiger partial charge in [-0.1, -0.05) is 42.5 Å². The van der Waals surface area contributed by atoms with Crippen molar-refractivity contribution >= 4 is 11.0 Å². The minimum atomic E-state index is -0.285. The maximum absolute atomic E-state index is 9.91. The molecule has 1 aromatic heterocycles. The lowest BCUT2D eigenvalue weighted by Gasteiger charge is -2.07. The first kappa shape index (κ1) is 15.1. The molecule has 5 nitrogen and oxygen atoms in total. The Labute approximate surface area is 144 Å². The summed E-state index contributed by atoms with van der Waals surface area (Å²) in [7, 11) is 1.43. The lowest BCUT2D eigenvalue weighted by molar-refractivity contribution is 0.351. The maximum atomic E-state index is 9.91. The van der Waals surface area contributed by atoms with Crippen LogP contribution < -0.4 is 4.74 Å². The van der Waals surface area contributed by atoms with Gasteiger partial charge in [-0.2, -0.15) is 0 Å². The average Bonchev–Trinajstić information content (AvgIpc) is 3.09. The molecule has 4 rings (SSSR count). The van der Waals surface area contributed by atoms with Gasteiger partial charge in [0.1, 0.15) is 5.82 Å². The van der Waals surface area contributed by atoms with Gasteiger partial charge in [0, 0.05) is 11.1 Å². The number of aromatic amines is 1. The molecule has 3 aromatic carbocycles. The number of nitrogens with zero attached hydrogens (tertiary/aromatic N) is 1. The van der Waals surface area contributed by atoms with E-state index in [1.807, 2.05) is 48.5 Å². The first-order chi connectivity index (χ1) is 12.2. The van der Waals surface area contributed by atoms with Gasteiger partial charge in [0.15, 0.2) is 11.5 Å². The molecule has 0 atom stereocenters. The number of benzene rings is 3. The summed E-state index contributed by atoms with van der Waals surface area (Å²) in [6, 6.07) is 19.1. The minimum Gasteiger partial charge on any atom is -0.504 e. The number of phenolic OH excluding ortho intramolecular Hbond substituents is 2. The molecule has 5 heteroatoms. The van der Waals surface area contributed by atoms with Gasteiger partial charge >= 0.3 is 0 Å². The summed E-state index contributed by atoms with van der Waals surface area (Å²) < 4.78 is 5.10. The van der Waals surface area contributed by atoms with Gasteiger partial charge in [-0.05, 0) is 23.8 Å². The predicted molar refractivity (Wildman–Crippen MR) is 96.8 cm³/mol. The summed E-state index contributed by atoms with van der Waals surface area (Å²) in [5.74, 6) is 0.246. The van der Waals surface area contributed by atoms with Crippen LogP contribution in [0, 0.1) is 0 Å². The number of fused-ring (bicyclic) bond motifs is 1. The zero-order valence-corrected chi connectivity index (χ0v) is 13.5. The van der Waals surface area contributed by atoms with Crippen LogP contribution in [0.4, 0.5) is 0 Å². The summed E-state index contributed by atoms with van der Waals surface area (Å²) in [4.78, 5) is 7.96. The molecule has 0 saturated carbocycles. The maximum Gasteiger partial charge on any atom is 0.200 e. The highest BCUT2D eigenvalue weighted by molar-refractivity contribution is 5.93. The van der Waals surface area contributed by atoms with Crippen molar-refractivity contribution in [3.05, 3.63) is 60.7 Å². The van der Waals surface area contributed by atoms with E-state index in [2.05, 4.69) is 4.98 Å². The lowest BCUT2D eigenvalue weighted by atomic mass is 10.0. The lowest BCUT2D eigenvalue weighted by Crippen LogP contribution is -1.87. The van der Waals surface area contributed by atoms with Crippen molar-refractivity contribution in [3.8, 4) is 39.8 Å². The fraction of sp³-hybridized carbons (Fsp3) is 0.0500. The summed E-state index contributed by atoms with van der Waals surface area (Å²) in [6.45, 7) is 0. The molecular weight excluding hydrogens is 316 g/mol. The quantitative estimate of drug-likeness (QED) is 0.488. The molecule has 4 aromatic rings. The van der Waals surface area contributed by atoms with Crippen LogP contribution in [0.1, 0.15) is 0 Å². The van der Waals surface area contributed by atoms with Crippen molar-refractivity contribution in [2.45, 2.75) is 0 Å². The molecule has 0 aliphatic carbocycles. The molecule has 0 saturated heterocycles. The van der Waals surface area contributed by atoms with E-state index in [4.69, 9.17) is 9.72 Å². The first-order valence-corrected chi connectivity index (χ1v) is 7.82. The molecule has 0 spiro atoms. The van der Waals surface area contributed by atoms with Gasteiger partial charge in [0.05, 0.1) is 18.1 Å². The van der Waals surface area contributed by atoms with Crippen LogP contribution in [0.2, 0.25) is 0 Å². The first-order valence-electron chi connectivity index (χ1n) is 7.82. The van der Waals surface area contributed by atoms with Crippen LogP contribution in [-0.4, -0.2) is 27.3 Å². The van der Waals surface area contributed by atoms with E-state index in [0.29, 0.717) is 11.4 Å². The highest BCUT2D eigenvalue weighted by atomic mass is 16.5. The average molecular weight is 332 g/mol. The molecule has 0 bridgehead atoms. The molecule has 0 radical (unpaired) electrons. The highest BCUT2D eigenvalue weighted by Crippen LogP contribution is 2.39. The number of hydrogen-bond donors (Lipinski definition) is 3. The molecule has 3 N–H and O–H groups in total. The Kier molecular flexibility index (Phi) is 3.54. The monoisotopic (exact) mass is 332 g/mol. The summed E-state index contributed by atoms with van der Waals surface area (Å²) in [5, 5.41) is 19.7. The zero-order chi connectivity index (χ0) is 17.4. The van der Waals surface area contributed by atoms with E-state index in [-0.39, 0.29) is 17.2 Å². The van der Waals surface area contributed by atoms with Crippen LogP contribution in [-0.2, 0) is 0 Å². The number of phenols is 2. The second-order valence-electron chi connectivity index (χ2n) is 5.70. The van der Waals surface area contributed by atoms with Crippen LogP contribution in [0.25, 0.3) is 33.5 Å².